The van der Waals surface area contributed by atoms with Gasteiger partial charge < -0.3 is 30.7 Å². The number of nitrogens with one attached hydrogen (secondary N) is 2. The Balaban J connectivity index is 2.26. The third kappa shape index (κ3) is 2.85. The minimum atomic E-state index is -1.37. The van der Waals surface area contributed by atoms with E-state index in [1.165, 1.54) is 7.05 Å². The molecule has 1 unspecified atom stereocenters. The summed E-state index contributed by atoms with van der Waals surface area (Å²) in [7, 11) is 1.46. The minimum absolute atomic E-state index is 0.00996. The molecule has 2 rings (SSSR count). The van der Waals surface area contributed by atoms with Crippen molar-refractivity contribution < 1.29 is 25.0 Å². The monoisotopic (exact) mass is 301 g/mol. The Bertz CT molecular complexity index is 529. The average Bonchev–Trinajstić information content (AvgIpc) is 2.74. The Morgan fingerprint density at radius 3 is 2.57 bits per heavy atom. The molecule has 11 heteroatoms. The molecule has 11 nitrogen and oxygen atoms in total. The molecule has 1 aliphatic heterocycles. The number of rotatable bonds is 5. The fraction of sp³-hybridized carbons (Fsp3) is 0.600. The molecule has 0 saturated carbocycles. The number of aliphatic hydroxyl groups is 3. The van der Waals surface area contributed by atoms with E-state index >= 15 is 0 Å². The number of nitrogens with zero attached hydrogens (tertiary/aromatic N) is 3. The molecule has 0 amide bonds. The third-order valence-electron chi connectivity index (χ3n) is 3.06. The van der Waals surface area contributed by atoms with Gasteiger partial charge in [0.25, 0.3) is 0 Å². The number of nitro groups is 1. The van der Waals surface area contributed by atoms with Gasteiger partial charge >= 0.3 is 5.69 Å². The van der Waals surface area contributed by atoms with Crippen LogP contribution in [-0.2, 0) is 4.74 Å². The number of anilines is 2. The van der Waals surface area contributed by atoms with E-state index in [4.69, 9.17) is 9.84 Å². The fourth-order valence-electron chi connectivity index (χ4n) is 1.99. The number of aromatic nitrogens is 2. The summed E-state index contributed by atoms with van der Waals surface area (Å²) in [5.41, 5.74) is -0.419. The summed E-state index contributed by atoms with van der Waals surface area (Å²) >= 11 is 0. The zero-order valence-corrected chi connectivity index (χ0v) is 11.0. The van der Waals surface area contributed by atoms with Crippen molar-refractivity contribution >= 4 is 17.3 Å². The SMILES string of the molecule is CNc1ncnc(NC2O[C@H](CO)[C@@H](O)[C@H]2O)c1[N+](=O)[O-]. The second-order valence-electron chi connectivity index (χ2n) is 4.33. The number of aliphatic hydroxyl groups excluding tert-OH is 3. The summed E-state index contributed by atoms with van der Waals surface area (Å²) in [6.07, 6.45) is -3.70. The van der Waals surface area contributed by atoms with Gasteiger partial charge in [0.2, 0.25) is 11.6 Å². The first kappa shape index (κ1) is 15.3. The molecule has 4 atom stereocenters. The van der Waals surface area contributed by atoms with Gasteiger partial charge in [-0.2, -0.15) is 0 Å². The van der Waals surface area contributed by atoms with Crippen molar-refractivity contribution in [2.24, 2.45) is 0 Å². The maximum absolute atomic E-state index is 11.1. The fourth-order valence-corrected chi connectivity index (χ4v) is 1.99. The van der Waals surface area contributed by atoms with E-state index in [0.29, 0.717) is 0 Å². The van der Waals surface area contributed by atoms with Crippen molar-refractivity contribution in [1.29, 1.82) is 0 Å². The molecular weight excluding hydrogens is 286 g/mol. The minimum Gasteiger partial charge on any atom is -0.394 e. The van der Waals surface area contributed by atoms with Gasteiger partial charge in [-0.15, -0.1) is 0 Å². The van der Waals surface area contributed by atoms with Crippen LogP contribution in [0.15, 0.2) is 6.33 Å². The molecular formula is C10H15N5O6. The molecule has 0 aliphatic carbocycles. The van der Waals surface area contributed by atoms with Crippen LogP contribution in [0.25, 0.3) is 0 Å². The molecule has 116 valence electrons. The van der Waals surface area contributed by atoms with Crippen molar-refractivity contribution in [2.45, 2.75) is 24.5 Å². The Hall–Kier alpha value is -2.08. The molecule has 0 spiro atoms. The topological polar surface area (TPSA) is 163 Å². The molecule has 1 aromatic heterocycles. The van der Waals surface area contributed by atoms with Crippen molar-refractivity contribution in [1.82, 2.24) is 9.97 Å². The Morgan fingerprint density at radius 2 is 2.05 bits per heavy atom. The van der Waals surface area contributed by atoms with Crippen LogP contribution in [0.1, 0.15) is 0 Å². The third-order valence-corrected chi connectivity index (χ3v) is 3.06. The van der Waals surface area contributed by atoms with Gasteiger partial charge in [-0.3, -0.25) is 10.1 Å². The van der Waals surface area contributed by atoms with E-state index in [1.54, 1.807) is 0 Å². The molecule has 1 saturated heterocycles. The largest absolute Gasteiger partial charge is 0.394 e. The number of hydrogen-bond acceptors (Lipinski definition) is 10. The van der Waals surface area contributed by atoms with Gasteiger partial charge in [-0.1, -0.05) is 0 Å². The maximum Gasteiger partial charge on any atom is 0.353 e. The van der Waals surface area contributed by atoms with Crippen LogP contribution in [-0.4, -0.2) is 68.4 Å². The Labute approximate surface area is 118 Å². The van der Waals surface area contributed by atoms with Crippen LogP contribution in [0, 0.1) is 10.1 Å². The molecule has 1 fully saturated rings. The molecule has 0 bridgehead atoms. The summed E-state index contributed by atoms with van der Waals surface area (Å²) in [6, 6.07) is 0. The van der Waals surface area contributed by atoms with Crippen LogP contribution in [0.4, 0.5) is 17.3 Å². The van der Waals surface area contributed by atoms with Crippen LogP contribution in [0.5, 0.6) is 0 Å². The van der Waals surface area contributed by atoms with Crippen LogP contribution >= 0.6 is 0 Å². The van der Waals surface area contributed by atoms with E-state index in [9.17, 15) is 20.3 Å². The van der Waals surface area contributed by atoms with Crippen molar-refractivity contribution in [2.75, 3.05) is 24.3 Å². The first-order chi connectivity index (χ1) is 9.99. The lowest BCUT2D eigenvalue weighted by atomic mass is 10.1. The predicted octanol–water partition coefficient (Wildman–Crippen LogP) is -1.72. The smallest absolute Gasteiger partial charge is 0.353 e. The van der Waals surface area contributed by atoms with E-state index in [0.717, 1.165) is 6.33 Å². The standard InChI is InChI=1S/C10H15N5O6/c1-11-8-5(15(19)20)9(13-3-12-8)14-10-7(18)6(17)4(2-16)21-10/h3-4,6-7,10,16-18H,2H2,1H3,(H2,11,12,13,14)/t4-,6-,7-,10?/m1/s1. The molecule has 0 aromatic carbocycles. The maximum atomic E-state index is 11.1. The second-order valence-corrected chi connectivity index (χ2v) is 4.33. The molecule has 2 heterocycles. The van der Waals surface area contributed by atoms with Gasteiger partial charge in [0.05, 0.1) is 11.5 Å². The lowest BCUT2D eigenvalue weighted by molar-refractivity contribution is -0.383. The van der Waals surface area contributed by atoms with Gasteiger partial charge in [-0.25, -0.2) is 9.97 Å². The van der Waals surface area contributed by atoms with Gasteiger partial charge in [0.15, 0.2) is 6.23 Å². The zero-order chi connectivity index (χ0) is 15.6. The highest BCUT2D eigenvalue weighted by Crippen LogP contribution is 2.31. The number of hydrogen-bond donors (Lipinski definition) is 5. The molecule has 1 aliphatic rings. The Kier molecular flexibility index (Phi) is 4.47. The van der Waals surface area contributed by atoms with Crippen molar-refractivity contribution in [3.63, 3.8) is 0 Å². The van der Waals surface area contributed by atoms with Crippen LogP contribution in [0.2, 0.25) is 0 Å². The molecule has 1 aromatic rings. The highest BCUT2D eigenvalue weighted by Gasteiger charge is 2.43. The normalized spacial score (nSPS) is 28.4. The van der Waals surface area contributed by atoms with E-state index < -0.39 is 41.8 Å². The van der Waals surface area contributed by atoms with Gasteiger partial charge in [0.1, 0.15) is 24.6 Å². The quantitative estimate of drug-likeness (QED) is 0.312. The van der Waals surface area contributed by atoms with Crippen LogP contribution < -0.4 is 10.6 Å². The molecule has 5 N–H and O–H groups in total. The molecule has 21 heavy (non-hydrogen) atoms. The van der Waals surface area contributed by atoms with Crippen molar-refractivity contribution in [3.05, 3.63) is 16.4 Å². The Morgan fingerprint density at radius 1 is 1.38 bits per heavy atom. The second kappa shape index (κ2) is 6.13. The summed E-state index contributed by atoms with van der Waals surface area (Å²) in [4.78, 5) is 17.9. The van der Waals surface area contributed by atoms with E-state index in [2.05, 4.69) is 20.6 Å². The van der Waals surface area contributed by atoms with E-state index in [-0.39, 0.29) is 11.6 Å². The van der Waals surface area contributed by atoms with Crippen LogP contribution in [0.3, 0.4) is 0 Å². The van der Waals surface area contributed by atoms with Gasteiger partial charge in [-0.05, 0) is 0 Å². The first-order valence-corrected chi connectivity index (χ1v) is 6.05. The molecule has 0 radical (unpaired) electrons. The lowest BCUT2D eigenvalue weighted by Crippen LogP contribution is -2.36. The zero-order valence-electron chi connectivity index (χ0n) is 11.0. The van der Waals surface area contributed by atoms with Crippen molar-refractivity contribution in [3.8, 4) is 0 Å². The summed E-state index contributed by atoms with van der Waals surface area (Å²) in [5.74, 6) is -0.182. The summed E-state index contributed by atoms with van der Waals surface area (Å²) in [6.45, 7) is -0.496. The highest BCUT2D eigenvalue weighted by atomic mass is 16.6. The first-order valence-electron chi connectivity index (χ1n) is 6.05. The average molecular weight is 301 g/mol. The summed E-state index contributed by atoms with van der Waals surface area (Å²) < 4.78 is 5.18. The number of ether oxygens (including phenoxy) is 1. The lowest BCUT2D eigenvalue weighted by Gasteiger charge is -2.17. The van der Waals surface area contributed by atoms with Gasteiger partial charge in [0, 0.05) is 7.05 Å². The predicted molar refractivity (Wildman–Crippen MR) is 69.6 cm³/mol. The highest BCUT2D eigenvalue weighted by molar-refractivity contribution is 5.69. The van der Waals surface area contributed by atoms with E-state index in [1.807, 2.05) is 0 Å². The summed E-state index contributed by atoms with van der Waals surface area (Å²) in [5, 5.41) is 44.6.